The van der Waals surface area contributed by atoms with Gasteiger partial charge >= 0.3 is 0 Å². The molecule has 66 valence electrons. The predicted molar refractivity (Wildman–Crippen MR) is 44.3 cm³/mol. The van der Waals surface area contributed by atoms with Crippen molar-refractivity contribution >= 4 is 5.78 Å². The molecular formula is C8H17NO2. The molecule has 3 nitrogen and oxygen atoms in total. The molecule has 0 aromatic heterocycles. The zero-order chi connectivity index (χ0) is 8.69. The average molecular weight is 159 g/mol. The van der Waals surface area contributed by atoms with E-state index in [1.807, 2.05) is 13.8 Å². The second-order valence-electron chi connectivity index (χ2n) is 2.58. The third-order valence-electron chi connectivity index (χ3n) is 1.60. The number of nitrogens with two attached hydrogens (primary N) is 1. The lowest BCUT2D eigenvalue weighted by Gasteiger charge is -2.07. The molecule has 1 unspecified atom stereocenters. The molecule has 0 radical (unpaired) electrons. The molecule has 0 rings (SSSR count). The fourth-order valence-corrected chi connectivity index (χ4v) is 0.756. The second kappa shape index (κ2) is 6.31. The summed E-state index contributed by atoms with van der Waals surface area (Å²) in [7, 11) is 0. The predicted octanol–water partition coefficient (Wildman–Crippen LogP) is 0.577. The molecular weight excluding hydrogens is 142 g/mol. The highest BCUT2D eigenvalue weighted by Gasteiger charge is 2.10. The zero-order valence-electron chi connectivity index (χ0n) is 7.30. The maximum absolute atomic E-state index is 11.1. The van der Waals surface area contributed by atoms with Gasteiger partial charge in [0.05, 0.1) is 0 Å². The van der Waals surface area contributed by atoms with Crippen molar-refractivity contribution in [2.45, 2.75) is 20.3 Å². The number of ether oxygens (including phenoxy) is 1. The quantitative estimate of drug-likeness (QED) is 0.616. The van der Waals surface area contributed by atoms with Crippen LogP contribution in [0.5, 0.6) is 0 Å². The first kappa shape index (κ1) is 10.6. The lowest BCUT2D eigenvalue weighted by Crippen LogP contribution is -2.20. The van der Waals surface area contributed by atoms with Gasteiger partial charge in [0.1, 0.15) is 6.61 Å². The Morgan fingerprint density at radius 1 is 1.64 bits per heavy atom. The van der Waals surface area contributed by atoms with E-state index in [2.05, 4.69) is 0 Å². The minimum Gasteiger partial charge on any atom is -0.374 e. The van der Waals surface area contributed by atoms with Crippen molar-refractivity contribution in [3.8, 4) is 0 Å². The van der Waals surface area contributed by atoms with Crippen molar-refractivity contribution in [1.29, 1.82) is 0 Å². The Morgan fingerprint density at radius 2 is 2.27 bits per heavy atom. The number of rotatable bonds is 6. The van der Waals surface area contributed by atoms with Crippen LogP contribution in [0.1, 0.15) is 20.3 Å². The molecule has 0 fully saturated rings. The van der Waals surface area contributed by atoms with Gasteiger partial charge in [-0.05, 0) is 19.9 Å². The summed E-state index contributed by atoms with van der Waals surface area (Å²) in [4.78, 5) is 11.1. The second-order valence-corrected chi connectivity index (χ2v) is 2.58. The molecule has 0 aliphatic heterocycles. The van der Waals surface area contributed by atoms with E-state index in [4.69, 9.17) is 10.5 Å². The van der Waals surface area contributed by atoms with Gasteiger partial charge in [0.2, 0.25) is 0 Å². The Bertz CT molecular complexity index is 115. The van der Waals surface area contributed by atoms with Gasteiger partial charge in [-0.2, -0.15) is 0 Å². The molecule has 0 aliphatic rings. The Labute approximate surface area is 67.9 Å². The summed E-state index contributed by atoms with van der Waals surface area (Å²) in [5, 5.41) is 0. The third kappa shape index (κ3) is 4.93. The molecule has 0 aromatic carbocycles. The van der Waals surface area contributed by atoms with Crippen LogP contribution in [0.4, 0.5) is 0 Å². The highest BCUT2D eigenvalue weighted by Crippen LogP contribution is 2.01. The van der Waals surface area contributed by atoms with Crippen molar-refractivity contribution in [1.82, 2.24) is 0 Å². The molecule has 0 bridgehead atoms. The van der Waals surface area contributed by atoms with Gasteiger partial charge < -0.3 is 10.5 Å². The first-order valence-corrected chi connectivity index (χ1v) is 4.02. The Kier molecular flexibility index (Phi) is 6.07. The van der Waals surface area contributed by atoms with E-state index >= 15 is 0 Å². The van der Waals surface area contributed by atoms with E-state index in [9.17, 15) is 4.79 Å². The van der Waals surface area contributed by atoms with Crippen LogP contribution >= 0.6 is 0 Å². The van der Waals surface area contributed by atoms with E-state index in [1.165, 1.54) is 0 Å². The van der Waals surface area contributed by atoms with Gasteiger partial charge in [-0.15, -0.1) is 0 Å². The SMILES string of the molecule is CCOCC(=O)C(C)CCN. The van der Waals surface area contributed by atoms with Crippen molar-refractivity contribution in [3.05, 3.63) is 0 Å². The zero-order valence-corrected chi connectivity index (χ0v) is 7.30. The number of ketones is 1. The Morgan fingerprint density at radius 3 is 2.73 bits per heavy atom. The molecule has 0 spiro atoms. The van der Waals surface area contributed by atoms with Crippen molar-refractivity contribution in [2.24, 2.45) is 11.7 Å². The maximum Gasteiger partial charge on any atom is 0.161 e. The van der Waals surface area contributed by atoms with Crippen LogP contribution in [-0.2, 0) is 9.53 Å². The molecule has 0 amide bonds. The summed E-state index contributed by atoms with van der Waals surface area (Å²) >= 11 is 0. The minimum atomic E-state index is 0.0477. The summed E-state index contributed by atoms with van der Waals surface area (Å²) in [5.41, 5.74) is 5.30. The normalized spacial score (nSPS) is 13.0. The largest absolute Gasteiger partial charge is 0.374 e. The van der Waals surface area contributed by atoms with E-state index in [1.54, 1.807) is 0 Å². The lowest BCUT2D eigenvalue weighted by molar-refractivity contribution is -0.126. The van der Waals surface area contributed by atoms with Gasteiger partial charge in [0.25, 0.3) is 0 Å². The van der Waals surface area contributed by atoms with Gasteiger partial charge in [0.15, 0.2) is 5.78 Å². The van der Waals surface area contributed by atoms with Gasteiger partial charge in [0, 0.05) is 12.5 Å². The Hall–Kier alpha value is -0.410. The molecule has 2 N–H and O–H groups in total. The van der Waals surface area contributed by atoms with E-state index < -0.39 is 0 Å². The van der Waals surface area contributed by atoms with E-state index in [0.717, 1.165) is 6.42 Å². The number of carbonyl (C=O) groups is 1. The molecule has 0 aliphatic carbocycles. The minimum absolute atomic E-state index is 0.0477. The summed E-state index contributed by atoms with van der Waals surface area (Å²) in [6.07, 6.45) is 0.756. The molecule has 0 saturated carbocycles. The first-order chi connectivity index (χ1) is 5.22. The molecule has 0 saturated heterocycles. The standard InChI is InChI=1S/C8H17NO2/c1-3-11-6-8(10)7(2)4-5-9/h7H,3-6,9H2,1-2H3. The summed E-state index contributed by atoms with van der Waals surface area (Å²) < 4.78 is 4.97. The number of carbonyl (C=O) groups excluding carboxylic acids is 1. The highest BCUT2D eigenvalue weighted by atomic mass is 16.5. The fraction of sp³-hybridized carbons (Fsp3) is 0.875. The van der Waals surface area contributed by atoms with Crippen LogP contribution < -0.4 is 5.73 Å². The molecule has 3 heteroatoms. The summed E-state index contributed by atoms with van der Waals surface area (Å²) in [6, 6.07) is 0. The van der Waals surface area contributed by atoms with Crippen LogP contribution in [0, 0.1) is 5.92 Å². The smallest absolute Gasteiger partial charge is 0.161 e. The number of hydrogen-bond acceptors (Lipinski definition) is 3. The van der Waals surface area contributed by atoms with Gasteiger partial charge in [-0.3, -0.25) is 4.79 Å². The maximum atomic E-state index is 11.1. The Balaban J connectivity index is 3.47. The lowest BCUT2D eigenvalue weighted by atomic mass is 10.0. The molecule has 0 aromatic rings. The highest BCUT2D eigenvalue weighted by molar-refractivity contribution is 5.81. The summed E-state index contributed by atoms with van der Waals surface area (Å²) in [5.74, 6) is 0.198. The molecule has 11 heavy (non-hydrogen) atoms. The fourth-order valence-electron chi connectivity index (χ4n) is 0.756. The van der Waals surface area contributed by atoms with Gasteiger partial charge in [-0.25, -0.2) is 0 Å². The monoisotopic (exact) mass is 159 g/mol. The molecule has 0 heterocycles. The van der Waals surface area contributed by atoms with Crippen LogP contribution in [0.15, 0.2) is 0 Å². The molecule has 1 atom stereocenters. The van der Waals surface area contributed by atoms with Crippen molar-refractivity contribution in [3.63, 3.8) is 0 Å². The van der Waals surface area contributed by atoms with Crippen molar-refractivity contribution < 1.29 is 9.53 Å². The van der Waals surface area contributed by atoms with Crippen molar-refractivity contribution in [2.75, 3.05) is 19.8 Å². The average Bonchev–Trinajstić information content (AvgIpc) is 2.00. The van der Waals surface area contributed by atoms with Crippen LogP contribution in [0.2, 0.25) is 0 Å². The van der Waals surface area contributed by atoms with Crippen LogP contribution in [-0.4, -0.2) is 25.5 Å². The number of Topliss-reactive ketones (excluding diaryl/α,β-unsaturated/α-hetero) is 1. The summed E-state index contributed by atoms with van der Waals surface area (Å²) in [6.45, 7) is 5.16. The van der Waals surface area contributed by atoms with Crippen LogP contribution in [0.25, 0.3) is 0 Å². The van der Waals surface area contributed by atoms with Gasteiger partial charge in [-0.1, -0.05) is 6.92 Å². The number of hydrogen-bond donors (Lipinski definition) is 1. The van der Waals surface area contributed by atoms with E-state index in [0.29, 0.717) is 13.2 Å². The van der Waals surface area contributed by atoms with Crippen LogP contribution in [0.3, 0.4) is 0 Å². The van der Waals surface area contributed by atoms with E-state index in [-0.39, 0.29) is 18.3 Å². The topological polar surface area (TPSA) is 52.3 Å². The third-order valence-corrected chi connectivity index (χ3v) is 1.60. The first-order valence-electron chi connectivity index (χ1n) is 4.02.